The van der Waals surface area contributed by atoms with Crippen molar-refractivity contribution in [1.82, 2.24) is 10.6 Å². The molecule has 4 amide bonds. The number of halogens is 1. The van der Waals surface area contributed by atoms with Crippen LogP contribution >= 0.6 is 11.6 Å². The summed E-state index contributed by atoms with van der Waals surface area (Å²) in [5.74, 6) is -1.24. The van der Waals surface area contributed by atoms with E-state index in [4.69, 9.17) is 25.8 Å². The first-order valence-corrected chi connectivity index (χ1v) is 9.94. The smallest absolute Gasteiger partial charge is 0.328 e. The Morgan fingerprint density at radius 2 is 1.78 bits per heavy atom. The first kappa shape index (κ1) is 22.9. The standard InChI is InChI=1S/C21H20ClN3O7/c1-12(23-19(27)14-4-2-3-5-15(14)22)20(28)32-11-18(26)25-21(29)24-13-6-7-16-17(10-13)31-9-8-30-16/h2-7,10,12H,8-9,11H2,1H3,(H,23,27)(H2,24,25,26,29)/t12-/m0/s1. The summed E-state index contributed by atoms with van der Waals surface area (Å²) in [5, 5.41) is 7.16. The van der Waals surface area contributed by atoms with E-state index in [-0.39, 0.29) is 10.6 Å². The third-order valence-corrected chi connectivity index (χ3v) is 4.55. The summed E-state index contributed by atoms with van der Waals surface area (Å²) in [5.41, 5.74) is 0.579. The number of nitrogens with one attached hydrogen (secondary N) is 3. The van der Waals surface area contributed by atoms with E-state index in [0.29, 0.717) is 30.4 Å². The molecule has 32 heavy (non-hydrogen) atoms. The van der Waals surface area contributed by atoms with Crippen LogP contribution in [0.25, 0.3) is 0 Å². The molecule has 0 saturated carbocycles. The summed E-state index contributed by atoms with van der Waals surface area (Å²) >= 11 is 5.95. The fourth-order valence-electron chi connectivity index (χ4n) is 2.69. The lowest BCUT2D eigenvalue weighted by atomic mass is 10.2. The zero-order valence-corrected chi connectivity index (χ0v) is 17.7. The van der Waals surface area contributed by atoms with Gasteiger partial charge < -0.3 is 24.8 Å². The molecule has 0 radical (unpaired) electrons. The normalized spacial score (nSPS) is 12.8. The molecular weight excluding hydrogens is 442 g/mol. The van der Waals surface area contributed by atoms with Crippen molar-refractivity contribution < 1.29 is 33.4 Å². The van der Waals surface area contributed by atoms with Gasteiger partial charge in [-0.3, -0.25) is 14.9 Å². The second-order valence-corrected chi connectivity index (χ2v) is 7.05. The molecule has 0 fully saturated rings. The zero-order valence-electron chi connectivity index (χ0n) is 17.0. The molecule has 0 aromatic heterocycles. The Bertz CT molecular complexity index is 1040. The van der Waals surface area contributed by atoms with Crippen molar-refractivity contribution in [2.75, 3.05) is 25.1 Å². The van der Waals surface area contributed by atoms with Crippen LogP contribution in [0.2, 0.25) is 5.02 Å². The number of anilines is 1. The lowest BCUT2D eigenvalue weighted by Crippen LogP contribution is -2.42. The molecule has 10 nitrogen and oxygen atoms in total. The minimum atomic E-state index is -1.04. The van der Waals surface area contributed by atoms with Crippen LogP contribution in [0.4, 0.5) is 10.5 Å². The summed E-state index contributed by atoms with van der Waals surface area (Å²) in [6, 6.07) is 9.25. The first-order valence-electron chi connectivity index (χ1n) is 9.56. The van der Waals surface area contributed by atoms with Gasteiger partial charge in [0.1, 0.15) is 19.3 Å². The van der Waals surface area contributed by atoms with Gasteiger partial charge in [0, 0.05) is 11.8 Å². The van der Waals surface area contributed by atoms with Crippen LogP contribution in [0.1, 0.15) is 17.3 Å². The van der Waals surface area contributed by atoms with Crippen molar-refractivity contribution in [3.63, 3.8) is 0 Å². The molecule has 0 aliphatic carbocycles. The summed E-state index contributed by atoms with van der Waals surface area (Å²) < 4.78 is 15.6. The fourth-order valence-corrected chi connectivity index (χ4v) is 2.91. The van der Waals surface area contributed by atoms with Crippen molar-refractivity contribution in [3.8, 4) is 11.5 Å². The molecule has 0 spiro atoms. The van der Waals surface area contributed by atoms with Crippen molar-refractivity contribution in [3.05, 3.63) is 53.1 Å². The van der Waals surface area contributed by atoms with Gasteiger partial charge in [0.2, 0.25) is 0 Å². The molecule has 3 N–H and O–H groups in total. The lowest BCUT2D eigenvalue weighted by Gasteiger charge is -2.19. The van der Waals surface area contributed by atoms with E-state index in [0.717, 1.165) is 0 Å². The van der Waals surface area contributed by atoms with Crippen molar-refractivity contribution in [2.24, 2.45) is 0 Å². The number of esters is 1. The van der Waals surface area contributed by atoms with Crippen LogP contribution in [0.15, 0.2) is 42.5 Å². The third-order valence-electron chi connectivity index (χ3n) is 4.22. The molecule has 2 aromatic carbocycles. The maximum Gasteiger partial charge on any atom is 0.328 e. The Balaban J connectivity index is 1.42. The SMILES string of the molecule is C[C@H](NC(=O)c1ccccc1Cl)C(=O)OCC(=O)NC(=O)Nc1ccc2c(c1)OCCO2. The van der Waals surface area contributed by atoms with Crippen LogP contribution < -0.4 is 25.4 Å². The van der Waals surface area contributed by atoms with Gasteiger partial charge in [-0.1, -0.05) is 23.7 Å². The van der Waals surface area contributed by atoms with Crippen LogP contribution in [0.3, 0.4) is 0 Å². The van der Waals surface area contributed by atoms with Crippen LogP contribution in [-0.4, -0.2) is 49.7 Å². The number of carbonyl (C=O) groups is 4. The predicted molar refractivity (Wildman–Crippen MR) is 114 cm³/mol. The molecule has 3 rings (SSSR count). The van der Waals surface area contributed by atoms with E-state index in [1.54, 1.807) is 36.4 Å². The highest BCUT2D eigenvalue weighted by molar-refractivity contribution is 6.33. The summed E-state index contributed by atoms with van der Waals surface area (Å²) in [4.78, 5) is 48.1. The van der Waals surface area contributed by atoms with E-state index in [1.165, 1.54) is 13.0 Å². The topological polar surface area (TPSA) is 132 Å². The molecule has 0 bridgehead atoms. The van der Waals surface area contributed by atoms with Crippen LogP contribution in [0, 0.1) is 0 Å². The van der Waals surface area contributed by atoms with Crippen LogP contribution in [0.5, 0.6) is 11.5 Å². The van der Waals surface area contributed by atoms with Crippen molar-refractivity contribution in [2.45, 2.75) is 13.0 Å². The van der Waals surface area contributed by atoms with Gasteiger partial charge in [-0.2, -0.15) is 0 Å². The van der Waals surface area contributed by atoms with Crippen LogP contribution in [-0.2, 0) is 14.3 Å². The number of ether oxygens (including phenoxy) is 3. The summed E-state index contributed by atoms with van der Waals surface area (Å²) in [7, 11) is 0. The van der Waals surface area contributed by atoms with Gasteiger partial charge in [0.25, 0.3) is 11.8 Å². The highest BCUT2D eigenvalue weighted by Gasteiger charge is 2.21. The van der Waals surface area contributed by atoms with E-state index < -0.39 is 36.5 Å². The van der Waals surface area contributed by atoms with Gasteiger partial charge in [0.15, 0.2) is 18.1 Å². The predicted octanol–water partition coefficient (Wildman–Crippen LogP) is 2.12. The maximum absolute atomic E-state index is 12.2. The molecule has 1 aliphatic rings. The van der Waals surface area contributed by atoms with Gasteiger partial charge in [-0.05, 0) is 31.2 Å². The van der Waals surface area contributed by atoms with Gasteiger partial charge in [-0.15, -0.1) is 0 Å². The van der Waals surface area contributed by atoms with Crippen molar-refractivity contribution in [1.29, 1.82) is 0 Å². The van der Waals surface area contributed by atoms with Crippen molar-refractivity contribution >= 4 is 41.1 Å². The Morgan fingerprint density at radius 1 is 1.06 bits per heavy atom. The number of benzene rings is 2. The number of carbonyl (C=O) groups excluding carboxylic acids is 4. The highest BCUT2D eigenvalue weighted by Crippen LogP contribution is 2.32. The number of hydrogen-bond acceptors (Lipinski definition) is 7. The fraction of sp³-hybridized carbons (Fsp3) is 0.238. The number of rotatable bonds is 6. The van der Waals surface area contributed by atoms with E-state index in [1.807, 2.05) is 5.32 Å². The highest BCUT2D eigenvalue weighted by atomic mass is 35.5. The molecule has 1 atom stereocenters. The monoisotopic (exact) mass is 461 g/mol. The quantitative estimate of drug-likeness (QED) is 0.561. The Morgan fingerprint density at radius 3 is 2.53 bits per heavy atom. The third kappa shape index (κ3) is 6.11. The summed E-state index contributed by atoms with van der Waals surface area (Å²) in [6.07, 6.45) is 0. The van der Waals surface area contributed by atoms with Gasteiger partial charge in [0.05, 0.1) is 10.6 Å². The largest absolute Gasteiger partial charge is 0.486 e. The lowest BCUT2D eigenvalue weighted by molar-refractivity contribution is -0.149. The maximum atomic E-state index is 12.2. The Kier molecular flexibility index (Phi) is 7.50. The average molecular weight is 462 g/mol. The number of imide groups is 1. The molecule has 11 heteroatoms. The molecule has 0 saturated heterocycles. The molecule has 2 aromatic rings. The number of urea groups is 1. The zero-order chi connectivity index (χ0) is 23.1. The average Bonchev–Trinajstić information content (AvgIpc) is 2.77. The second-order valence-electron chi connectivity index (χ2n) is 6.64. The summed E-state index contributed by atoms with van der Waals surface area (Å²) in [6.45, 7) is 1.52. The molecule has 1 heterocycles. The van der Waals surface area contributed by atoms with Gasteiger partial charge in [-0.25, -0.2) is 9.59 Å². The van der Waals surface area contributed by atoms with Gasteiger partial charge >= 0.3 is 12.0 Å². The molecule has 0 unspecified atom stereocenters. The second kappa shape index (κ2) is 10.5. The number of hydrogen-bond donors (Lipinski definition) is 3. The Labute approximate surface area is 188 Å². The first-order chi connectivity index (χ1) is 15.3. The Hall–Kier alpha value is -3.79. The minimum Gasteiger partial charge on any atom is -0.486 e. The molecule has 168 valence electrons. The minimum absolute atomic E-state index is 0.197. The van der Waals surface area contributed by atoms with E-state index >= 15 is 0 Å². The van der Waals surface area contributed by atoms with E-state index in [2.05, 4.69) is 10.6 Å². The molecule has 1 aliphatic heterocycles. The van der Waals surface area contributed by atoms with E-state index in [9.17, 15) is 19.2 Å². The number of fused-ring (bicyclic) bond motifs is 1. The number of amides is 4. The molecular formula is C21H20ClN3O7.